The van der Waals surface area contributed by atoms with E-state index in [9.17, 15) is 4.79 Å². The number of fused-ring (bicyclic) bond motifs is 1. The summed E-state index contributed by atoms with van der Waals surface area (Å²) < 4.78 is 12.7. The fourth-order valence-corrected chi connectivity index (χ4v) is 4.97. The summed E-state index contributed by atoms with van der Waals surface area (Å²) in [5.41, 5.74) is 5.01. The molecule has 6 nitrogen and oxygen atoms in total. The van der Waals surface area contributed by atoms with Crippen molar-refractivity contribution in [3.63, 3.8) is 0 Å². The number of hydrogen-bond acceptors (Lipinski definition) is 5. The Morgan fingerprint density at radius 1 is 1.03 bits per heavy atom. The molecular formula is C23H25N3O3S. The molecule has 0 unspecified atom stereocenters. The Hall–Kier alpha value is -2.93. The van der Waals surface area contributed by atoms with Gasteiger partial charge in [-0.2, -0.15) is 5.10 Å². The fourth-order valence-electron chi connectivity index (χ4n) is 3.66. The molecule has 2 atom stereocenters. The number of carbonyl (C=O) groups is 1. The molecule has 0 saturated heterocycles. The second-order valence-electron chi connectivity index (χ2n) is 7.36. The number of carbonyl (C=O) groups excluding carboxylic acids is 1. The number of hydrogen-bond donors (Lipinski definition) is 1. The highest BCUT2D eigenvalue weighted by Gasteiger charge is 2.34. The van der Waals surface area contributed by atoms with Crippen molar-refractivity contribution in [2.24, 2.45) is 0 Å². The van der Waals surface area contributed by atoms with Crippen molar-refractivity contribution in [1.29, 1.82) is 0 Å². The lowest BCUT2D eigenvalue weighted by Crippen LogP contribution is -2.22. The first-order chi connectivity index (χ1) is 14.4. The molecule has 3 aromatic rings. The van der Waals surface area contributed by atoms with Crippen LogP contribution in [0.3, 0.4) is 0 Å². The zero-order valence-corrected chi connectivity index (χ0v) is 18.5. The molecule has 1 N–H and O–H groups in total. The van der Waals surface area contributed by atoms with Crippen LogP contribution in [0, 0.1) is 13.8 Å². The zero-order chi connectivity index (χ0) is 21.4. The van der Waals surface area contributed by atoms with Gasteiger partial charge in [-0.25, -0.2) is 4.68 Å². The smallest absolute Gasteiger partial charge is 0.238 e. The lowest BCUT2D eigenvalue weighted by molar-refractivity contribution is -0.115. The SMILES string of the molecule is COc1ccc([C@H]2S[C@@H](C)C(=O)Nc3c2c(C)nn3-c2ccc(C)cc2)cc1OC. The number of nitrogens with zero attached hydrogens (tertiary/aromatic N) is 2. The third-order valence-electron chi connectivity index (χ3n) is 5.31. The molecule has 30 heavy (non-hydrogen) atoms. The Balaban J connectivity index is 1.89. The van der Waals surface area contributed by atoms with Crippen molar-refractivity contribution in [3.8, 4) is 17.2 Å². The topological polar surface area (TPSA) is 65.4 Å². The van der Waals surface area contributed by atoms with Crippen molar-refractivity contribution >= 4 is 23.5 Å². The molecule has 2 heterocycles. The van der Waals surface area contributed by atoms with Gasteiger partial charge in [0.05, 0.1) is 36.1 Å². The van der Waals surface area contributed by atoms with Gasteiger partial charge in [-0.15, -0.1) is 11.8 Å². The second-order valence-corrected chi connectivity index (χ2v) is 8.81. The van der Waals surface area contributed by atoms with Crippen LogP contribution in [0.15, 0.2) is 42.5 Å². The molecule has 1 aliphatic rings. The van der Waals surface area contributed by atoms with Crippen LogP contribution in [0.2, 0.25) is 0 Å². The van der Waals surface area contributed by atoms with E-state index >= 15 is 0 Å². The van der Waals surface area contributed by atoms with E-state index in [0.29, 0.717) is 11.5 Å². The van der Waals surface area contributed by atoms with E-state index in [0.717, 1.165) is 28.3 Å². The van der Waals surface area contributed by atoms with E-state index in [4.69, 9.17) is 14.6 Å². The lowest BCUT2D eigenvalue weighted by atomic mass is 10.0. The van der Waals surface area contributed by atoms with Gasteiger partial charge >= 0.3 is 0 Å². The molecule has 0 radical (unpaired) electrons. The molecule has 1 aromatic heterocycles. The van der Waals surface area contributed by atoms with E-state index in [1.807, 2.05) is 67.9 Å². The van der Waals surface area contributed by atoms with Gasteiger partial charge in [-0.1, -0.05) is 23.8 Å². The molecule has 0 saturated carbocycles. The average molecular weight is 424 g/mol. The summed E-state index contributed by atoms with van der Waals surface area (Å²) in [4.78, 5) is 12.8. The van der Waals surface area contributed by atoms with Gasteiger partial charge in [0.1, 0.15) is 5.82 Å². The maximum atomic E-state index is 12.8. The first kappa shape index (κ1) is 20.3. The van der Waals surface area contributed by atoms with E-state index in [-0.39, 0.29) is 16.4 Å². The Morgan fingerprint density at radius 2 is 1.73 bits per heavy atom. The van der Waals surface area contributed by atoms with Crippen LogP contribution in [-0.4, -0.2) is 35.2 Å². The predicted molar refractivity (Wildman–Crippen MR) is 120 cm³/mol. The molecule has 0 spiro atoms. The molecule has 156 valence electrons. The lowest BCUT2D eigenvalue weighted by Gasteiger charge is -2.19. The van der Waals surface area contributed by atoms with Gasteiger partial charge in [-0.3, -0.25) is 4.79 Å². The molecule has 7 heteroatoms. The zero-order valence-electron chi connectivity index (χ0n) is 17.7. The number of benzene rings is 2. The van der Waals surface area contributed by atoms with Crippen LogP contribution in [-0.2, 0) is 4.79 Å². The van der Waals surface area contributed by atoms with Crippen LogP contribution < -0.4 is 14.8 Å². The van der Waals surface area contributed by atoms with Crippen molar-refractivity contribution < 1.29 is 14.3 Å². The number of aromatic nitrogens is 2. The summed E-state index contributed by atoms with van der Waals surface area (Å²) in [6.45, 7) is 5.96. The van der Waals surface area contributed by atoms with Gasteiger partial charge in [0.2, 0.25) is 5.91 Å². The van der Waals surface area contributed by atoms with Crippen LogP contribution in [0.25, 0.3) is 5.69 Å². The van der Waals surface area contributed by atoms with Gasteiger partial charge in [0, 0.05) is 5.56 Å². The molecule has 1 aliphatic heterocycles. The van der Waals surface area contributed by atoms with Crippen LogP contribution >= 0.6 is 11.8 Å². The van der Waals surface area contributed by atoms with Crippen LogP contribution in [0.1, 0.15) is 34.6 Å². The summed E-state index contributed by atoms with van der Waals surface area (Å²) in [6.07, 6.45) is 0. The molecule has 0 aliphatic carbocycles. The van der Waals surface area contributed by atoms with Gasteiger partial charge in [0.25, 0.3) is 0 Å². The molecule has 1 amide bonds. The third-order valence-corrected chi connectivity index (χ3v) is 6.71. The summed E-state index contributed by atoms with van der Waals surface area (Å²) in [7, 11) is 3.25. The highest BCUT2D eigenvalue weighted by Crippen LogP contribution is 2.47. The molecule has 4 rings (SSSR count). The predicted octanol–water partition coefficient (Wildman–Crippen LogP) is 4.67. The van der Waals surface area contributed by atoms with Crippen LogP contribution in [0.5, 0.6) is 11.5 Å². The molecule has 0 bridgehead atoms. The number of amides is 1. The monoisotopic (exact) mass is 423 g/mol. The number of anilines is 1. The van der Waals surface area contributed by atoms with Crippen LogP contribution in [0.4, 0.5) is 5.82 Å². The molecule has 2 aromatic carbocycles. The number of rotatable bonds is 4. The number of methoxy groups -OCH3 is 2. The number of ether oxygens (including phenoxy) is 2. The second kappa shape index (κ2) is 8.07. The number of nitrogens with one attached hydrogen (secondary N) is 1. The quantitative estimate of drug-likeness (QED) is 0.661. The average Bonchev–Trinajstić information content (AvgIpc) is 2.99. The third kappa shape index (κ3) is 3.54. The molecule has 0 fully saturated rings. The normalized spacial score (nSPS) is 18.4. The summed E-state index contributed by atoms with van der Waals surface area (Å²) >= 11 is 1.61. The van der Waals surface area contributed by atoms with Gasteiger partial charge < -0.3 is 14.8 Å². The number of thioether (sulfide) groups is 1. The van der Waals surface area contributed by atoms with E-state index in [2.05, 4.69) is 5.32 Å². The highest BCUT2D eigenvalue weighted by molar-refractivity contribution is 8.01. The van der Waals surface area contributed by atoms with Crippen molar-refractivity contribution in [3.05, 3.63) is 64.8 Å². The maximum Gasteiger partial charge on any atom is 0.238 e. The van der Waals surface area contributed by atoms with Crippen molar-refractivity contribution in [2.75, 3.05) is 19.5 Å². The first-order valence-electron chi connectivity index (χ1n) is 9.77. The first-order valence-corrected chi connectivity index (χ1v) is 10.7. The minimum Gasteiger partial charge on any atom is -0.493 e. The Labute approximate surface area is 180 Å². The standard InChI is InChI=1S/C23H25N3O3S/c1-13-6-9-17(10-7-13)26-22-20(14(2)25-26)21(30-15(3)23(27)24-22)16-8-11-18(28-4)19(12-16)29-5/h6-12,15,21H,1-5H3,(H,24,27)/t15-,21+/m0/s1. The minimum absolute atomic E-state index is 0.0301. The van der Waals surface area contributed by atoms with E-state index < -0.39 is 0 Å². The molecular weight excluding hydrogens is 398 g/mol. The Bertz CT molecular complexity index is 1090. The fraction of sp³-hybridized carbons (Fsp3) is 0.304. The number of aryl methyl sites for hydroxylation is 2. The maximum absolute atomic E-state index is 12.8. The van der Waals surface area contributed by atoms with E-state index in [1.54, 1.807) is 26.0 Å². The summed E-state index contributed by atoms with van der Waals surface area (Å²) in [5, 5.41) is 7.59. The Morgan fingerprint density at radius 3 is 2.40 bits per heavy atom. The summed E-state index contributed by atoms with van der Waals surface area (Å²) in [5.74, 6) is 2.03. The van der Waals surface area contributed by atoms with E-state index in [1.165, 1.54) is 5.56 Å². The van der Waals surface area contributed by atoms with Crippen molar-refractivity contribution in [1.82, 2.24) is 9.78 Å². The minimum atomic E-state index is -0.221. The largest absolute Gasteiger partial charge is 0.493 e. The van der Waals surface area contributed by atoms with Crippen molar-refractivity contribution in [2.45, 2.75) is 31.3 Å². The summed E-state index contributed by atoms with van der Waals surface area (Å²) in [6, 6.07) is 14.0. The van der Waals surface area contributed by atoms with Gasteiger partial charge in [-0.05, 0) is 50.6 Å². The highest BCUT2D eigenvalue weighted by atomic mass is 32.2. The van der Waals surface area contributed by atoms with Gasteiger partial charge in [0.15, 0.2) is 11.5 Å². The Kier molecular flexibility index (Phi) is 5.47.